The van der Waals surface area contributed by atoms with Gasteiger partial charge in [0.1, 0.15) is 5.75 Å². The van der Waals surface area contributed by atoms with Gasteiger partial charge in [0.2, 0.25) is 10.0 Å². The van der Waals surface area contributed by atoms with E-state index in [-0.39, 0.29) is 22.1 Å². The molecule has 0 amide bonds. The zero-order valence-corrected chi connectivity index (χ0v) is 17.3. The molecule has 7 nitrogen and oxygen atoms in total. The van der Waals surface area contributed by atoms with Crippen LogP contribution in [-0.2, 0) is 20.0 Å². The van der Waals surface area contributed by atoms with Crippen molar-refractivity contribution >= 4 is 42.2 Å². The second kappa shape index (κ2) is 7.23. The summed E-state index contributed by atoms with van der Waals surface area (Å²) < 4.78 is 59.2. The average Bonchev–Trinajstić information content (AvgIpc) is 3.06. The maximum atomic E-state index is 12.9. The van der Waals surface area contributed by atoms with Gasteiger partial charge in [-0.1, -0.05) is 30.3 Å². The Kier molecular flexibility index (Phi) is 4.87. The number of anilines is 2. The van der Waals surface area contributed by atoms with Crippen molar-refractivity contribution in [3.63, 3.8) is 0 Å². The molecule has 1 aliphatic rings. The largest absolute Gasteiger partial charge is 0.494 e. The second-order valence-corrected chi connectivity index (χ2v) is 10.4. The van der Waals surface area contributed by atoms with Gasteiger partial charge in [-0.3, -0.25) is 9.03 Å². The Morgan fingerprint density at radius 2 is 1.76 bits per heavy atom. The molecule has 1 N–H and O–H groups in total. The standard InChI is InChI=1S/C20H20N2O5S2/c1-27-20-14-17(22-11-4-12-28(22,23)24)8-10-19(20)21-29(25,26)18-9-7-15-5-2-3-6-16(15)13-18/h2-3,5-10,13-14,21H,4,11-12H2,1H3. The molecule has 0 spiro atoms. The highest BCUT2D eigenvalue weighted by Gasteiger charge is 2.29. The van der Waals surface area contributed by atoms with Crippen LogP contribution in [0.15, 0.2) is 65.6 Å². The van der Waals surface area contributed by atoms with E-state index in [1.165, 1.54) is 23.5 Å². The Labute approximate surface area is 170 Å². The lowest BCUT2D eigenvalue weighted by atomic mass is 10.1. The van der Waals surface area contributed by atoms with E-state index in [2.05, 4.69) is 4.72 Å². The van der Waals surface area contributed by atoms with Crippen LogP contribution in [0.1, 0.15) is 6.42 Å². The van der Waals surface area contributed by atoms with Crippen LogP contribution < -0.4 is 13.8 Å². The average molecular weight is 433 g/mol. The first kappa shape index (κ1) is 19.5. The van der Waals surface area contributed by atoms with Gasteiger partial charge in [-0.25, -0.2) is 16.8 Å². The summed E-state index contributed by atoms with van der Waals surface area (Å²) in [6.07, 6.45) is 0.557. The first-order valence-corrected chi connectivity index (χ1v) is 12.1. The number of nitrogens with one attached hydrogen (secondary N) is 1. The van der Waals surface area contributed by atoms with Crippen LogP contribution in [0.5, 0.6) is 5.75 Å². The second-order valence-electron chi connectivity index (χ2n) is 6.74. The summed E-state index contributed by atoms with van der Waals surface area (Å²) in [5.41, 5.74) is 0.689. The number of ether oxygens (including phenoxy) is 1. The van der Waals surface area contributed by atoms with Crippen LogP contribution in [-0.4, -0.2) is 36.2 Å². The molecule has 0 atom stereocenters. The molecular weight excluding hydrogens is 412 g/mol. The molecule has 3 aromatic carbocycles. The molecule has 1 saturated heterocycles. The molecule has 9 heteroatoms. The van der Waals surface area contributed by atoms with Crippen LogP contribution in [0.25, 0.3) is 10.8 Å². The van der Waals surface area contributed by atoms with Crippen LogP contribution in [0.2, 0.25) is 0 Å². The Morgan fingerprint density at radius 1 is 1.00 bits per heavy atom. The van der Waals surface area contributed by atoms with Gasteiger partial charge in [0, 0.05) is 12.6 Å². The van der Waals surface area contributed by atoms with E-state index >= 15 is 0 Å². The SMILES string of the molecule is COc1cc(N2CCCS2(=O)=O)ccc1NS(=O)(=O)c1ccc2ccccc2c1. The zero-order chi connectivity index (χ0) is 20.6. The summed E-state index contributed by atoms with van der Waals surface area (Å²) in [6.45, 7) is 0.396. The van der Waals surface area contributed by atoms with Crippen molar-refractivity contribution in [3.05, 3.63) is 60.7 Å². The number of hydrogen-bond donors (Lipinski definition) is 1. The lowest BCUT2D eigenvalue weighted by Gasteiger charge is -2.19. The molecule has 0 aromatic heterocycles. The van der Waals surface area contributed by atoms with E-state index in [9.17, 15) is 16.8 Å². The van der Waals surface area contributed by atoms with Gasteiger partial charge in [0.15, 0.2) is 0 Å². The molecule has 0 aliphatic carbocycles. The molecule has 29 heavy (non-hydrogen) atoms. The third-order valence-electron chi connectivity index (χ3n) is 4.85. The van der Waals surface area contributed by atoms with E-state index in [1.54, 1.807) is 24.3 Å². The van der Waals surface area contributed by atoms with Crippen molar-refractivity contribution in [1.29, 1.82) is 0 Å². The van der Waals surface area contributed by atoms with Gasteiger partial charge in [-0.05, 0) is 41.5 Å². The summed E-state index contributed by atoms with van der Waals surface area (Å²) in [6, 6.07) is 17.0. The first-order valence-electron chi connectivity index (χ1n) is 9.00. The summed E-state index contributed by atoms with van der Waals surface area (Å²) >= 11 is 0. The van der Waals surface area contributed by atoms with Gasteiger partial charge in [0.05, 0.1) is 29.1 Å². The molecule has 0 bridgehead atoms. The van der Waals surface area contributed by atoms with Gasteiger partial charge in [-0.15, -0.1) is 0 Å². The van der Waals surface area contributed by atoms with Crippen LogP contribution >= 0.6 is 0 Å². The fourth-order valence-electron chi connectivity index (χ4n) is 3.39. The number of sulfonamides is 2. The molecule has 0 radical (unpaired) electrons. The third kappa shape index (κ3) is 3.75. The monoisotopic (exact) mass is 432 g/mol. The molecule has 3 aromatic rings. The highest BCUT2D eigenvalue weighted by atomic mass is 32.2. The number of nitrogens with zero attached hydrogens (tertiary/aromatic N) is 1. The van der Waals surface area contributed by atoms with Crippen molar-refractivity contribution in [2.75, 3.05) is 28.4 Å². The minimum atomic E-state index is -3.85. The maximum Gasteiger partial charge on any atom is 0.262 e. The van der Waals surface area contributed by atoms with Crippen molar-refractivity contribution in [2.45, 2.75) is 11.3 Å². The number of rotatable bonds is 5. The number of hydrogen-bond acceptors (Lipinski definition) is 5. The minimum absolute atomic E-state index is 0.103. The highest BCUT2D eigenvalue weighted by molar-refractivity contribution is 7.93. The smallest absolute Gasteiger partial charge is 0.262 e. The van der Waals surface area contributed by atoms with Crippen LogP contribution in [0, 0.1) is 0 Å². The fourth-order valence-corrected chi connectivity index (χ4v) is 6.05. The normalized spacial score (nSPS) is 16.1. The Morgan fingerprint density at radius 3 is 2.45 bits per heavy atom. The van der Waals surface area contributed by atoms with Crippen LogP contribution in [0.4, 0.5) is 11.4 Å². The Hall–Kier alpha value is -2.78. The van der Waals surface area contributed by atoms with Crippen LogP contribution in [0.3, 0.4) is 0 Å². The molecule has 0 saturated carbocycles. The molecule has 1 aliphatic heterocycles. The number of benzene rings is 3. The minimum Gasteiger partial charge on any atom is -0.494 e. The fraction of sp³-hybridized carbons (Fsp3) is 0.200. The van der Waals surface area contributed by atoms with Gasteiger partial charge >= 0.3 is 0 Å². The topological polar surface area (TPSA) is 92.8 Å². The molecule has 152 valence electrons. The summed E-state index contributed by atoms with van der Waals surface area (Å²) in [7, 11) is -5.78. The van der Waals surface area contributed by atoms with E-state index in [0.29, 0.717) is 18.7 Å². The maximum absolute atomic E-state index is 12.9. The lowest BCUT2D eigenvalue weighted by molar-refractivity contribution is 0.417. The van der Waals surface area contributed by atoms with E-state index < -0.39 is 20.0 Å². The molecule has 0 unspecified atom stereocenters. The predicted octanol–water partition coefficient (Wildman–Crippen LogP) is 3.19. The number of fused-ring (bicyclic) bond motifs is 1. The van der Waals surface area contributed by atoms with Gasteiger partial charge in [0.25, 0.3) is 10.0 Å². The van der Waals surface area contributed by atoms with Crippen molar-refractivity contribution in [1.82, 2.24) is 0 Å². The van der Waals surface area contributed by atoms with Crippen molar-refractivity contribution in [3.8, 4) is 5.75 Å². The third-order valence-corrected chi connectivity index (χ3v) is 8.08. The predicted molar refractivity (Wildman–Crippen MR) is 114 cm³/mol. The summed E-state index contributed by atoms with van der Waals surface area (Å²) in [5.74, 6) is 0.347. The Balaban J connectivity index is 1.67. The van der Waals surface area contributed by atoms with E-state index in [0.717, 1.165) is 10.8 Å². The van der Waals surface area contributed by atoms with Crippen molar-refractivity contribution in [2.24, 2.45) is 0 Å². The quantitative estimate of drug-likeness (QED) is 0.668. The summed E-state index contributed by atoms with van der Waals surface area (Å²) in [4.78, 5) is 0.129. The molecule has 4 rings (SSSR count). The Bertz CT molecular complexity index is 1290. The van der Waals surface area contributed by atoms with E-state index in [4.69, 9.17) is 4.74 Å². The number of methoxy groups -OCH3 is 1. The lowest BCUT2D eigenvalue weighted by Crippen LogP contribution is -2.25. The van der Waals surface area contributed by atoms with Gasteiger partial charge in [-0.2, -0.15) is 0 Å². The zero-order valence-electron chi connectivity index (χ0n) is 15.7. The highest BCUT2D eigenvalue weighted by Crippen LogP contribution is 2.34. The first-order chi connectivity index (χ1) is 13.8. The summed E-state index contributed by atoms with van der Waals surface area (Å²) in [5, 5.41) is 1.76. The molecular formula is C20H20N2O5S2. The van der Waals surface area contributed by atoms with Gasteiger partial charge < -0.3 is 4.74 Å². The molecule has 1 fully saturated rings. The molecule has 1 heterocycles. The van der Waals surface area contributed by atoms with E-state index in [1.807, 2.05) is 24.3 Å². The van der Waals surface area contributed by atoms with Crippen molar-refractivity contribution < 1.29 is 21.6 Å².